The second-order valence-electron chi connectivity index (χ2n) is 20.9. The number of aliphatic hydroxyl groups is 2. The molecular formula is C56H106F4O6Si. The molecule has 2 atom stereocenters. The Morgan fingerprint density at radius 1 is 0.522 bits per heavy atom. The van der Waals surface area contributed by atoms with Gasteiger partial charge in [-0.15, -0.1) is 0 Å². The molecule has 0 saturated carbocycles. The van der Waals surface area contributed by atoms with Gasteiger partial charge in [0.1, 0.15) is 11.9 Å². The van der Waals surface area contributed by atoms with Crippen LogP contribution in [0.4, 0.5) is 17.6 Å². The lowest BCUT2D eigenvalue weighted by Gasteiger charge is -2.36. The number of ether oxygens (including phenoxy) is 3. The van der Waals surface area contributed by atoms with Crippen LogP contribution in [-0.2, 0) is 31.4 Å². The number of alkyl halides is 3. The highest BCUT2D eigenvalue weighted by atomic mass is 28.4. The molecule has 0 fully saturated rings. The van der Waals surface area contributed by atoms with E-state index >= 15 is 0 Å². The summed E-state index contributed by atoms with van der Waals surface area (Å²) in [5.41, 5.74) is -0.986. The van der Waals surface area contributed by atoms with E-state index < -0.39 is 38.1 Å². The Balaban J connectivity index is 0.00000132. The maximum absolute atomic E-state index is 13.5. The van der Waals surface area contributed by atoms with Gasteiger partial charge in [-0.3, -0.25) is 0 Å². The molecule has 0 bridgehead atoms. The minimum Gasteiger partial charge on any atom is -0.414 e. The van der Waals surface area contributed by atoms with Crippen molar-refractivity contribution in [3.8, 4) is 0 Å². The maximum Gasteiger partial charge on any atom is 0.416 e. The predicted octanol–water partition coefficient (Wildman–Crippen LogP) is 17.6. The van der Waals surface area contributed by atoms with Crippen molar-refractivity contribution in [1.82, 2.24) is 0 Å². The largest absolute Gasteiger partial charge is 0.416 e. The minimum absolute atomic E-state index is 0.0681. The Hall–Kier alpha value is -1.08. The number of benzene rings is 1. The fourth-order valence-electron chi connectivity index (χ4n) is 7.77. The van der Waals surface area contributed by atoms with E-state index in [-0.39, 0.29) is 30.4 Å². The van der Waals surface area contributed by atoms with Gasteiger partial charge in [-0.2, -0.15) is 13.2 Å². The molecule has 1 aromatic rings. The van der Waals surface area contributed by atoms with E-state index in [1.165, 1.54) is 186 Å². The second-order valence-corrected chi connectivity index (χ2v) is 25.8. The molecule has 2 N–H and O–H groups in total. The summed E-state index contributed by atoms with van der Waals surface area (Å²) in [6.45, 7) is 17.4. The van der Waals surface area contributed by atoms with Crippen molar-refractivity contribution >= 4 is 8.32 Å². The quantitative estimate of drug-likeness (QED) is 0.0385. The lowest BCUT2D eigenvalue weighted by Crippen LogP contribution is -2.43. The molecule has 398 valence electrons. The van der Waals surface area contributed by atoms with E-state index in [2.05, 4.69) is 47.7 Å². The molecule has 0 aromatic heterocycles. The molecule has 0 aliphatic rings. The third kappa shape index (κ3) is 41.3. The Labute approximate surface area is 411 Å². The normalized spacial score (nSPS) is 13.2. The molecular weight excluding hydrogens is 873 g/mol. The number of halogens is 4. The first-order valence-corrected chi connectivity index (χ1v) is 30.5. The second kappa shape index (κ2) is 43.7. The van der Waals surface area contributed by atoms with Crippen molar-refractivity contribution in [3.63, 3.8) is 0 Å². The highest BCUT2D eigenvalue weighted by Crippen LogP contribution is 2.36. The van der Waals surface area contributed by atoms with Gasteiger partial charge in [0.25, 0.3) is 0 Å². The molecule has 1 rings (SSSR count). The van der Waals surface area contributed by atoms with Crippen LogP contribution in [0.1, 0.15) is 251 Å². The van der Waals surface area contributed by atoms with Crippen LogP contribution in [0.15, 0.2) is 18.2 Å². The molecule has 0 saturated heterocycles. The highest BCUT2D eigenvalue weighted by molar-refractivity contribution is 6.74. The standard InChI is InChI=1S/C29H48F4O3.C27H58O3Si/c1-2-3-4-5-6-7-8-9-10-11-12-13-14-15-16-17-18-35-24-28(22-34)36-23-25-19-26(29(31,32)33)21-27(30)20-25;1-7-8-9-10-11-12-13-14-15-16-17-18-19-20-21-22-23-29-24-26(28)25-30-31(5,6)27(2,3)4/h19-21,28,34H,2-18,22-24H2,1H3;26,28H,7-25H2,1-6H3/t28-;26-/m01/s1. The van der Waals surface area contributed by atoms with E-state index in [9.17, 15) is 27.8 Å². The Bertz CT molecular complexity index is 1210. The summed E-state index contributed by atoms with van der Waals surface area (Å²) in [6, 6.07) is 2.31. The summed E-state index contributed by atoms with van der Waals surface area (Å²) in [7, 11) is -1.78. The Kier molecular flexibility index (Phi) is 43.0. The fourth-order valence-corrected chi connectivity index (χ4v) is 8.81. The van der Waals surface area contributed by atoms with Crippen molar-refractivity contribution in [2.45, 2.75) is 283 Å². The van der Waals surface area contributed by atoms with Crippen molar-refractivity contribution in [2.75, 3.05) is 39.6 Å². The SMILES string of the molecule is CCCCCCCCCCCCCCCCCCOC[C@@H](O)CO[Si](C)(C)C(C)(C)C.CCCCCCCCCCCCCCCCCCOC[C@H](CO)OCc1cc(F)cc(C(F)(F)F)c1. The summed E-state index contributed by atoms with van der Waals surface area (Å²) in [4.78, 5) is 0. The first kappa shape index (κ1) is 65.9. The Morgan fingerprint density at radius 2 is 0.881 bits per heavy atom. The van der Waals surface area contributed by atoms with Gasteiger partial charge in [0.15, 0.2) is 8.32 Å². The molecule has 0 amide bonds. The number of unbranched alkanes of at least 4 members (excludes halogenated alkanes) is 30. The molecule has 67 heavy (non-hydrogen) atoms. The van der Waals surface area contributed by atoms with Gasteiger partial charge in [0.05, 0.1) is 44.7 Å². The topological polar surface area (TPSA) is 77.4 Å². The zero-order valence-electron chi connectivity index (χ0n) is 44.5. The highest BCUT2D eigenvalue weighted by Gasteiger charge is 2.37. The molecule has 0 aliphatic heterocycles. The molecule has 0 heterocycles. The summed E-state index contributed by atoms with van der Waals surface area (Å²) in [6.07, 6.45) is 37.2. The summed E-state index contributed by atoms with van der Waals surface area (Å²) in [5, 5.41) is 19.7. The average molecular weight is 980 g/mol. The number of hydrogen-bond donors (Lipinski definition) is 2. The van der Waals surface area contributed by atoms with Crippen molar-refractivity contribution in [3.05, 3.63) is 35.1 Å². The lowest BCUT2D eigenvalue weighted by molar-refractivity contribution is -0.137. The van der Waals surface area contributed by atoms with Gasteiger partial charge < -0.3 is 28.8 Å². The smallest absolute Gasteiger partial charge is 0.414 e. The third-order valence-corrected chi connectivity index (χ3v) is 17.8. The molecule has 0 aliphatic carbocycles. The van der Waals surface area contributed by atoms with E-state index in [1.54, 1.807) is 0 Å². The molecule has 0 unspecified atom stereocenters. The first-order valence-electron chi connectivity index (χ1n) is 27.6. The van der Waals surface area contributed by atoms with Crippen LogP contribution in [0, 0.1) is 5.82 Å². The van der Waals surface area contributed by atoms with Gasteiger partial charge in [-0.25, -0.2) is 4.39 Å². The lowest BCUT2D eigenvalue weighted by atomic mass is 10.0. The van der Waals surface area contributed by atoms with Gasteiger partial charge in [0.2, 0.25) is 0 Å². The van der Waals surface area contributed by atoms with Crippen molar-refractivity contribution < 1.29 is 46.4 Å². The molecule has 0 radical (unpaired) electrons. The van der Waals surface area contributed by atoms with Crippen LogP contribution in [-0.4, -0.2) is 70.4 Å². The molecule has 0 spiro atoms. The fraction of sp³-hybridized carbons (Fsp3) is 0.893. The van der Waals surface area contributed by atoms with Crippen LogP contribution >= 0.6 is 0 Å². The minimum atomic E-state index is -4.62. The van der Waals surface area contributed by atoms with Gasteiger partial charge in [-0.05, 0) is 54.7 Å². The average Bonchev–Trinajstić information content (AvgIpc) is 3.28. The number of aliphatic hydroxyl groups excluding tert-OH is 2. The van der Waals surface area contributed by atoms with Crippen LogP contribution < -0.4 is 0 Å². The van der Waals surface area contributed by atoms with Crippen LogP contribution in [0.25, 0.3) is 0 Å². The summed E-state index contributed by atoms with van der Waals surface area (Å²) in [5.74, 6) is -0.969. The molecule has 1 aromatic carbocycles. The van der Waals surface area contributed by atoms with Crippen LogP contribution in [0.3, 0.4) is 0 Å². The zero-order valence-corrected chi connectivity index (χ0v) is 45.5. The van der Waals surface area contributed by atoms with Gasteiger partial charge >= 0.3 is 6.18 Å². The van der Waals surface area contributed by atoms with Crippen LogP contribution in [0.5, 0.6) is 0 Å². The first-order chi connectivity index (χ1) is 32.1. The predicted molar refractivity (Wildman–Crippen MR) is 277 cm³/mol. The maximum atomic E-state index is 13.5. The third-order valence-electron chi connectivity index (χ3n) is 13.3. The van der Waals surface area contributed by atoms with E-state index in [1.807, 2.05) is 0 Å². The number of rotatable bonds is 45. The van der Waals surface area contributed by atoms with E-state index in [0.29, 0.717) is 25.9 Å². The van der Waals surface area contributed by atoms with Crippen LogP contribution in [0.2, 0.25) is 18.1 Å². The van der Waals surface area contributed by atoms with Crippen molar-refractivity contribution in [2.24, 2.45) is 0 Å². The molecule has 11 heteroatoms. The Morgan fingerprint density at radius 3 is 1.22 bits per heavy atom. The van der Waals surface area contributed by atoms with Gasteiger partial charge in [0, 0.05) is 13.2 Å². The van der Waals surface area contributed by atoms with Gasteiger partial charge in [-0.1, -0.05) is 227 Å². The van der Waals surface area contributed by atoms with E-state index in [4.69, 9.17) is 18.6 Å². The summed E-state index contributed by atoms with van der Waals surface area (Å²) >= 11 is 0. The number of hydrogen-bond acceptors (Lipinski definition) is 6. The monoisotopic (exact) mass is 979 g/mol. The molecule has 6 nitrogen and oxygen atoms in total. The van der Waals surface area contributed by atoms with Crippen molar-refractivity contribution in [1.29, 1.82) is 0 Å². The zero-order chi connectivity index (χ0) is 49.9. The van der Waals surface area contributed by atoms with E-state index in [0.717, 1.165) is 38.0 Å². The summed E-state index contributed by atoms with van der Waals surface area (Å²) < 4.78 is 74.6.